The molecule has 0 aromatic heterocycles. The Bertz CT molecular complexity index is 332. The highest BCUT2D eigenvalue weighted by atomic mass is 16.2. The number of carbonyl (C=O) groups is 3. The van der Waals surface area contributed by atoms with Gasteiger partial charge < -0.3 is 16.0 Å². The second-order valence-electron chi connectivity index (χ2n) is 4.92. The van der Waals surface area contributed by atoms with Gasteiger partial charge in [0.1, 0.15) is 0 Å². The number of likely N-dealkylation sites (N-methyl/N-ethyl adjacent to an activating group) is 1. The number of amides is 2. The average molecular weight is 285 g/mol. The van der Waals surface area contributed by atoms with E-state index in [4.69, 9.17) is 0 Å². The van der Waals surface area contributed by atoms with E-state index in [1.54, 1.807) is 14.0 Å². The van der Waals surface area contributed by atoms with Crippen LogP contribution < -0.4 is 16.0 Å². The highest BCUT2D eigenvalue weighted by Crippen LogP contribution is 1.99. The second kappa shape index (κ2) is 10.4. The molecule has 0 aromatic rings. The predicted octanol–water partition coefficient (Wildman–Crippen LogP) is 0.365. The Kier molecular flexibility index (Phi) is 9.63. The van der Waals surface area contributed by atoms with Gasteiger partial charge in [-0.25, -0.2) is 0 Å². The molecule has 2 atom stereocenters. The van der Waals surface area contributed by atoms with Crippen molar-refractivity contribution in [2.75, 3.05) is 13.6 Å². The van der Waals surface area contributed by atoms with Gasteiger partial charge in [-0.05, 0) is 40.2 Å². The van der Waals surface area contributed by atoms with Gasteiger partial charge in [-0.2, -0.15) is 0 Å². The average Bonchev–Trinajstić information content (AvgIpc) is 2.40. The molecular weight excluding hydrogens is 258 g/mol. The standard InChI is InChI=1S/C14H27N3O3/c1-5-7-13(19)16-9-6-8-12(11(3)18)17-14(20)10(2)15-4/h10,12,15H,5-9H2,1-4H3,(H,16,19)(H,17,20)/t10-,12-/m0/s1. The third-order valence-corrected chi connectivity index (χ3v) is 3.10. The highest BCUT2D eigenvalue weighted by Gasteiger charge is 2.19. The number of nitrogens with one attached hydrogen (secondary N) is 3. The zero-order valence-corrected chi connectivity index (χ0v) is 12.9. The van der Waals surface area contributed by atoms with Crippen LogP contribution in [0.15, 0.2) is 0 Å². The van der Waals surface area contributed by atoms with Crippen molar-refractivity contribution in [1.29, 1.82) is 0 Å². The number of rotatable bonds is 10. The molecule has 2 amide bonds. The van der Waals surface area contributed by atoms with Crippen LogP contribution in [-0.4, -0.2) is 43.3 Å². The molecule has 116 valence electrons. The van der Waals surface area contributed by atoms with Gasteiger partial charge in [-0.15, -0.1) is 0 Å². The topological polar surface area (TPSA) is 87.3 Å². The monoisotopic (exact) mass is 285 g/mol. The van der Waals surface area contributed by atoms with Crippen LogP contribution >= 0.6 is 0 Å². The van der Waals surface area contributed by atoms with E-state index in [9.17, 15) is 14.4 Å². The van der Waals surface area contributed by atoms with Gasteiger partial charge >= 0.3 is 0 Å². The Balaban J connectivity index is 4.07. The van der Waals surface area contributed by atoms with Crippen molar-refractivity contribution < 1.29 is 14.4 Å². The molecule has 0 rings (SSSR count). The molecule has 0 fully saturated rings. The molecular formula is C14H27N3O3. The summed E-state index contributed by atoms with van der Waals surface area (Å²) in [5.41, 5.74) is 0. The maximum atomic E-state index is 11.7. The second-order valence-corrected chi connectivity index (χ2v) is 4.92. The molecule has 0 aliphatic carbocycles. The number of Topliss-reactive ketones (excluding diaryl/α,β-unsaturated/α-hetero) is 1. The van der Waals surface area contributed by atoms with E-state index in [0.29, 0.717) is 25.8 Å². The third-order valence-electron chi connectivity index (χ3n) is 3.10. The summed E-state index contributed by atoms with van der Waals surface area (Å²) in [5.74, 6) is -0.232. The lowest BCUT2D eigenvalue weighted by Crippen LogP contribution is -2.47. The van der Waals surface area contributed by atoms with Crippen molar-refractivity contribution in [3.05, 3.63) is 0 Å². The van der Waals surface area contributed by atoms with Gasteiger partial charge in [0.25, 0.3) is 0 Å². The van der Waals surface area contributed by atoms with Gasteiger partial charge in [-0.1, -0.05) is 6.92 Å². The Morgan fingerprint density at radius 1 is 1.20 bits per heavy atom. The number of hydrogen-bond donors (Lipinski definition) is 3. The van der Waals surface area contributed by atoms with E-state index in [-0.39, 0.29) is 23.6 Å². The van der Waals surface area contributed by atoms with Crippen molar-refractivity contribution in [3.8, 4) is 0 Å². The minimum Gasteiger partial charge on any atom is -0.356 e. The SMILES string of the molecule is CCCC(=O)NCCC[C@H](NC(=O)[C@H](C)NC)C(C)=O. The van der Waals surface area contributed by atoms with Crippen molar-refractivity contribution in [1.82, 2.24) is 16.0 Å². The first-order valence-corrected chi connectivity index (χ1v) is 7.17. The first-order chi connectivity index (χ1) is 9.42. The molecule has 0 saturated carbocycles. The summed E-state index contributed by atoms with van der Waals surface area (Å²) in [7, 11) is 1.69. The number of hydrogen-bond acceptors (Lipinski definition) is 4. The zero-order chi connectivity index (χ0) is 15.5. The van der Waals surface area contributed by atoms with Gasteiger partial charge in [0, 0.05) is 13.0 Å². The summed E-state index contributed by atoms with van der Waals surface area (Å²) in [6.45, 7) is 5.67. The van der Waals surface area contributed by atoms with Gasteiger partial charge in [0.05, 0.1) is 12.1 Å². The lowest BCUT2D eigenvalue weighted by atomic mass is 10.1. The molecule has 0 spiro atoms. The van der Waals surface area contributed by atoms with Crippen molar-refractivity contribution in [3.63, 3.8) is 0 Å². The quantitative estimate of drug-likeness (QED) is 0.506. The van der Waals surface area contributed by atoms with Crippen LogP contribution in [0.3, 0.4) is 0 Å². The van der Waals surface area contributed by atoms with E-state index in [1.165, 1.54) is 6.92 Å². The zero-order valence-electron chi connectivity index (χ0n) is 12.9. The Labute approximate surface area is 121 Å². The van der Waals surface area contributed by atoms with Crippen molar-refractivity contribution >= 4 is 17.6 Å². The minimum absolute atomic E-state index is 0.0275. The smallest absolute Gasteiger partial charge is 0.237 e. The highest BCUT2D eigenvalue weighted by molar-refractivity contribution is 5.89. The van der Waals surface area contributed by atoms with Gasteiger partial charge in [-0.3, -0.25) is 14.4 Å². The number of ketones is 1. The van der Waals surface area contributed by atoms with Crippen LogP contribution in [0.4, 0.5) is 0 Å². The molecule has 0 radical (unpaired) electrons. The van der Waals surface area contributed by atoms with E-state index >= 15 is 0 Å². The van der Waals surface area contributed by atoms with Crippen LogP contribution in [-0.2, 0) is 14.4 Å². The molecule has 3 N–H and O–H groups in total. The summed E-state index contributed by atoms with van der Waals surface area (Å²) in [4.78, 5) is 34.5. The first kappa shape index (κ1) is 18.6. The maximum absolute atomic E-state index is 11.7. The normalized spacial score (nSPS) is 13.4. The maximum Gasteiger partial charge on any atom is 0.237 e. The molecule has 0 bridgehead atoms. The fourth-order valence-electron chi connectivity index (χ4n) is 1.65. The molecule has 0 aliphatic rings. The Morgan fingerprint density at radius 2 is 1.85 bits per heavy atom. The molecule has 6 heteroatoms. The van der Waals surface area contributed by atoms with E-state index < -0.39 is 6.04 Å². The fourth-order valence-corrected chi connectivity index (χ4v) is 1.65. The van der Waals surface area contributed by atoms with Gasteiger partial charge in [0.15, 0.2) is 5.78 Å². The first-order valence-electron chi connectivity index (χ1n) is 7.17. The molecule has 0 saturated heterocycles. The van der Waals surface area contributed by atoms with Crippen LogP contribution in [0.2, 0.25) is 0 Å². The number of carbonyl (C=O) groups excluding carboxylic acids is 3. The lowest BCUT2D eigenvalue weighted by Gasteiger charge is -2.18. The predicted molar refractivity (Wildman–Crippen MR) is 78.3 cm³/mol. The molecule has 0 heterocycles. The van der Waals surface area contributed by atoms with Crippen molar-refractivity contribution in [2.45, 2.75) is 58.5 Å². The molecule has 20 heavy (non-hydrogen) atoms. The molecule has 0 unspecified atom stereocenters. The van der Waals surface area contributed by atoms with Crippen LogP contribution in [0.5, 0.6) is 0 Å². The molecule has 0 aliphatic heterocycles. The summed E-state index contributed by atoms with van der Waals surface area (Å²) < 4.78 is 0. The van der Waals surface area contributed by atoms with E-state index in [0.717, 1.165) is 6.42 Å². The van der Waals surface area contributed by atoms with E-state index in [2.05, 4.69) is 16.0 Å². The summed E-state index contributed by atoms with van der Waals surface area (Å²) in [5, 5.41) is 8.33. The Morgan fingerprint density at radius 3 is 2.35 bits per heavy atom. The van der Waals surface area contributed by atoms with Crippen LogP contribution in [0.25, 0.3) is 0 Å². The summed E-state index contributed by atoms with van der Waals surface area (Å²) in [6, 6.07) is -0.817. The van der Waals surface area contributed by atoms with Crippen LogP contribution in [0, 0.1) is 0 Å². The van der Waals surface area contributed by atoms with E-state index in [1.807, 2.05) is 6.92 Å². The third kappa shape index (κ3) is 7.89. The largest absolute Gasteiger partial charge is 0.356 e. The molecule has 0 aromatic carbocycles. The summed E-state index contributed by atoms with van der Waals surface area (Å²) >= 11 is 0. The molecule has 6 nitrogen and oxygen atoms in total. The fraction of sp³-hybridized carbons (Fsp3) is 0.786. The Hall–Kier alpha value is -1.43. The minimum atomic E-state index is -0.485. The van der Waals surface area contributed by atoms with Gasteiger partial charge in [0.2, 0.25) is 11.8 Å². The summed E-state index contributed by atoms with van der Waals surface area (Å²) in [6.07, 6.45) is 2.53. The lowest BCUT2D eigenvalue weighted by molar-refractivity contribution is -0.128. The van der Waals surface area contributed by atoms with Crippen molar-refractivity contribution in [2.24, 2.45) is 0 Å². The van der Waals surface area contributed by atoms with Crippen LogP contribution in [0.1, 0.15) is 46.5 Å².